The highest BCUT2D eigenvalue weighted by molar-refractivity contribution is 6.18. The van der Waals surface area contributed by atoms with Gasteiger partial charge >= 0.3 is 12.1 Å². The van der Waals surface area contributed by atoms with Crippen molar-refractivity contribution in [3.05, 3.63) is 342 Å². The molecular weight excluding hydrogens is 1360 g/mol. The van der Waals surface area contributed by atoms with Crippen molar-refractivity contribution in [2.24, 2.45) is 15.0 Å². The zero-order chi connectivity index (χ0) is 75.8. The fourth-order valence-corrected chi connectivity index (χ4v) is 13.3. The lowest BCUT2D eigenvalue weighted by atomic mass is 10.2. The number of fused-ring (bicyclic) bond motifs is 3. The third kappa shape index (κ3) is 16.4. The number of amides is 2. The molecule has 19 nitrogen and oxygen atoms in total. The largest absolute Gasteiger partial charge is 0.497 e. The summed E-state index contributed by atoms with van der Waals surface area (Å²) >= 11 is 0. The zero-order valence-electron chi connectivity index (χ0n) is 62.6. The molecule has 546 valence electrons. The monoisotopic (exact) mass is 1440 g/mol. The van der Waals surface area contributed by atoms with Gasteiger partial charge in [-0.05, 0) is 203 Å². The van der Waals surface area contributed by atoms with E-state index in [1.807, 2.05) is 245 Å². The summed E-state index contributed by atoms with van der Waals surface area (Å²) in [4.78, 5) is 57.5. The quantitative estimate of drug-likeness (QED) is 0.0514. The molecule has 0 unspecified atom stereocenters. The molecule has 2 amide bonds. The number of benzene rings is 7. The van der Waals surface area contributed by atoms with Crippen molar-refractivity contribution in [3.63, 3.8) is 0 Å². The van der Waals surface area contributed by atoms with Crippen LogP contribution in [0.3, 0.4) is 0 Å². The molecule has 3 aliphatic rings. The Bertz CT molecular complexity index is 6050. The Morgan fingerprint density at radius 2 is 0.954 bits per heavy atom. The molecular formula is C90H84N12O7. The van der Waals surface area contributed by atoms with Crippen LogP contribution in [0.2, 0.25) is 0 Å². The fourth-order valence-electron chi connectivity index (χ4n) is 13.3. The number of ether oxygens (including phenoxy) is 5. The molecule has 0 fully saturated rings. The predicted octanol–water partition coefficient (Wildman–Crippen LogP) is 16.3. The minimum absolute atomic E-state index is 0.257. The Balaban J connectivity index is 0.000000138. The molecule has 0 bridgehead atoms. The summed E-state index contributed by atoms with van der Waals surface area (Å²) in [6.07, 6.45) is 11.9. The van der Waals surface area contributed by atoms with Gasteiger partial charge in [0.05, 0.1) is 76.9 Å². The van der Waals surface area contributed by atoms with Gasteiger partial charge in [0.25, 0.3) is 0 Å². The van der Waals surface area contributed by atoms with E-state index in [0.29, 0.717) is 70.3 Å². The molecule has 0 saturated carbocycles. The molecule has 19 heteroatoms. The third-order valence-corrected chi connectivity index (χ3v) is 18.8. The number of aliphatic imine (C=N–C) groups is 2. The van der Waals surface area contributed by atoms with E-state index in [1.165, 1.54) is 5.56 Å². The zero-order valence-corrected chi connectivity index (χ0v) is 62.6. The number of hydrogen-bond acceptors (Lipinski definition) is 11. The molecule has 3 aliphatic heterocycles. The number of para-hydroxylation sites is 3. The first-order chi connectivity index (χ1) is 52.9. The number of aromatic nitrogens is 6. The Kier molecular flexibility index (Phi) is 21.1. The summed E-state index contributed by atoms with van der Waals surface area (Å²) in [5.74, 6) is 3.60. The molecule has 0 radical (unpaired) electrons. The van der Waals surface area contributed by atoms with E-state index >= 15 is 0 Å². The van der Waals surface area contributed by atoms with Gasteiger partial charge in [-0.15, -0.1) is 0 Å². The van der Waals surface area contributed by atoms with E-state index in [9.17, 15) is 9.59 Å². The fraction of sp³-hybridized carbons (Fsp3) is 0.144. The van der Waals surface area contributed by atoms with Crippen LogP contribution in [0.15, 0.2) is 262 Å². The van der Waals surface area contributed by atoms with Crippen molar-refractivity contribution in [2.45, 2.75) is 54.8 Å². The number of methoxy groups -OCH3 is 3. The average molecular weight is 1450 g/mol. The number of aryl methyl sites for hydroxylation is 6. The minimum Gasteiger partial charge on any atom is -0.497 e. The number of aromatic amines is 4. The number of carbonyl (C=O) groups is 2. The van der Waals surface area contributed by atoms with Crippen LogP contribution in [-0.4, -0.2) is 88.0 Å². The number of allylic oxidation sites excluding steroid dienone is 2. The number of H-pyrrole nitrogens is 4. The van der Waals surface area contributed by atoms with Crippen molar-refractivity contribution in [2.75, 3.05) is 51.0 Å². The molecule has 0 aliphatic carbocycles. The van der Waals surface area contributed by atoms with Crippen LogP contribution in [0.1, 0.15) is 73.4 Å². The lowest BCUT2D eigenvalue weighted by molar-refractivity contribution is 0.253. The first kappa shape index (κ1) is 72.1. The first-order valence-corrected chi connectivity index (χ1v) is 35.8. The summed E-state index contributed by atoms with van der Waals surface area (Å²) in [5, 5.41) is 11.9. The molecule has 7 aromatic carbocycles. The summed E-state index contributed by atoms with van der Waals surface area (Å²) in [6.45, 7) is 13.2. The normalized spacial score (nSPS) is 14.2. The van der Waals surface area contributed by atoms with E-state index in [0.717, 1.165) is 128 Å². The standard InChI is InChI=1S/C34H30N4O3.C29H29N5O2.C27H25N3O2/c1-22-17-23(2)35-28(22)19-30-33(40-3)20-29(37-30)32-18-25-11-7-8-12-31(25)38(32)34(39)36-26-13-15-27(16-14-26)41-21-24-9-5-4-6-10-24;1-18-14-19(2)30-23(18)16-25-28(36-5)17-24(32-25)27-15-20-8-6-7-9-26(20)34(27)29(35)31-21-10-12-22(13-11-21)33(3)4;1-17-11-18(2)28-23(17)14-26-27(32-16-19-7-6-9-21(12-19)31-3)15-25(30-26)24-13-20-8-4-5-10-22(20)29-24/h4-20,35H,21H2,1-3H3,(H,36,39);6-17,30H,1-5H3,(H,31,35);4-15,28,30H,16H2,1-3H3/b30-19-;25-16-;25-24?,26-14-. The van der Waals surface area contributed by atoms with E-state index < -0.39 is 0 Å². The highest BCUT2D eigenvalue weighted by Gasteiger charge is 2.27. The topological polar surface area (TPSA) is 218 Å². The van der Waals surface area contributed by atoms with Crippen molar-refractivity contribution < 1.29 is 33.3 Å². The van der Waals surface area contributed by atoms with E-state index in [-0.39, 0.29) is 12.1 Å². The smallest absolute Gasteiger partial charge is 0.331 e. The lowest BCUT2D eigenvalue weighted by Gasteiger charge is -2.14. The van der Waals surface area contributed by atoms with Crippen molar-refractivity contribution in [1.82, 2.24) is 29.1 Å². The first-order valence-electron chi connectivity index (χ1n) is 35.8. The SMILES string of the molecule is COC1=CC(c2cc3ccccc3n2C(=O)Nc2ccc(N(C)C)cc2)=N/C1=C\c1[nH]c(C)cc1C.COC1=CC(c2cc3ccccc3n2C(=O)Nc2ccc(OCc3ccccc3)cc2)=N/C1=C\c1[nH]c(C)cc1C.COc1cccc(COc2cc(=C3C=c4ccccc4=N3)[nH]/c2=C\c2[nH]c(C)cc2C)c1. The summed E-state index contributed by atoms with van der Waals surface area (Å²) in [7, 11) is 8.89. The van der Waals surface area contributed by atoms with Crippen LogP contribution in [0.25, 0.3) is 51.8 Å². The second-order valence-corrected chi connectivity index (χ2v) is 27.0. The number of rotatable bonds is 17. The minimum atomic E-state index is -0.289. The second-order valence-electron chi connectivity index (χ2n) is 27.0. The van der Waals surface area contributed by atoms with Crippen LogP contribution in [0, 0.1) is 41.5 Å². The molecule has 6 aromatic heterocycles. The van der Waals surface area contributed by atoms with Gasteiger partial charge in [0, 0.05) is 99.5 Å². The molecule has 6 N–H and O–H groups in total. The van der Waals surface area contributed by atoms with E-state index in [4.69, 9.17) is 38.7 Å². The highest BCUT2D eigenvalue weighted by Crippen LogP contribution is 2.33. The molecule has 109 heavy (non-hydrogen) atoms. The maximum Gasteiger partial charge on any atom is 0.331 e. The van der Waals surface area contributed by atoms with Gasteiger partial charge < -0.3 is 59.2 Å². The van der Waals surface area contributed by atoms with Crippen LogP contribution in [0.4, 0.5) is 26.7 Å². The van der Waals surface area contributed by atoms with E-state index in [2.05, 4.69) is 94.7 Å². The van der Waals surface area contributed by atoms with Crippen LogP contribution < -0.4 is 51.0 Å². The predicted molar refractivity (Wildman–Crippen MR) is 437 cm³/mol. The Hall–Kier alpha value is -13.8. The number of carbonyl (C=O) groups excluding carboxylic acids is 2. The van der Waals surface area contributed by atoms with Crippen LogP contribution in [-0.2, 0) is 22.7 Å². The van der Waals surface area contributed by atoms with Crippen molar-refractivity contribution in [1.29, 1.82) is 0 Å². The maximum absolute atomic E-state index is 13.7. The lowest BCUT2D eigenvalue weighted by Crippen LogP contribution is -2.23. The van der Waals surface area contributed by atoms with Crippen LogP contribution >= 0.6 is 0 Å². The number of anilines is 3. The summed E-state index contributed by atoms with van der Waals surface area (Å²) in [6, 6.07) is 68.5. The van der Waals surface area contributed by atoms with Crippen molar-refractivity contribution in [3.8, 4) is 17.2 Å². The van der Waals surface area contributed by atoms with Gasteiger partial charge in [0.15, 0.2) is 0 Å². The Morgan fingerprint density at radius 3 is 1.47 bits per heavy atom. The Morgan fingerprint density at radius 1 is 0.459 bits per heavy atom. The summed E-state index contributed by atoms with van der Waals surface area (Å²) in [5.41, 5.74) is 20.9. The molecule has 13 aromatic rings. The van der Waals surface area contributed by atoms with Gasteiger partial charge in [-0.25, -0.2) is 24.6 Å². The molecule has 16 rings (SSSR count). The van der Waals surface area contributed by atoms with Crippen molar-refractivity contribution >= 4 is 92.4 Å². The number of nitrogens with one attached hydrogen (secondary N) is 6. The summed E-state index contributed by atoms with van der Waals surface area (Å²) < 4.78 is 32.1. The maximum atomic E-state index is 13.7. The Labute approximate surface area is 631 Å². The average Bonchev–Trinajstić information content (AvgIpc) is 1.64. The molecule has 9 heterocycles. The molecule has 0 atom stereocenters. The highest BCUT2D eigenvalue weighted by atomic mass is 16.5. The van der Waals surface area contributed by atoms with Gasteiger partial charge in [-0.2, -0.15) is 0 Å². The van der Waals surface area contributed by atoms with Gasteiger partial charge in [0.1, 0.15) is 53.4 Å². The van der Waals surface area contributed by atoms with Gasteiger partial charge in [-0.3, -0.25) is 9.13 Å². The molecule has 0 spiro atoms. The molecule has 0 saturated heterocycles. The third-order valence-electron chi connectivity index (χ3n) is 18.8. The second kappa shape index (κ2) is 31.9. The van der Waals surface area contributed by atoms with Gasteiger partial charge in [0.2, 0.25) is 0 Å². The number of hydrogen-bond donors (Lipinski definition) is 6. The van der Waals surface area contributed by atoms with Gasteiger partial charge in [-0.1, -0.05) is 97.1 Å². The van der Waals surface area contributed by atoms with Crippen LogP contribution in [0.5, 0.6) is 17.2 Å². The van der Waals surface area contributed by atoms with E-state index in [1.54, 1.807) is 30.5 Å². The number of nitrogens with zero attached hydrogens (tertiary/aromatic N) is 6.